The Morgan fingerprint density at radius 1 is 1.23 bits per heavy atom. The molecular weight excluding hydrogens is 367 g/mol. The molecule has 0 spiro atoms. The highest BCUT2D eigenvalue weighted by molar-refractivity contribution is 7.17. The number of carbonyl (C=O) groups excluding carboxylic acids is 2. The smallest absolute Gasteiger partial charge is 0.348 e. The van der Waals surface area contributed by atoms with Gasteiger partial charge in [-0.1, -0.05) is 0 Å². The molecule has 138 valence electrons. The average molecular weight is 383 g/mol. The molecule has 0 unspecified atom stereocenters. The molecule has 0 aliphatic carbocycles. The number of nitrogens with one attached hydrogen (secondary N) is 3. The van der Waals surface area contributed by atoms with Gasteiger partial charge in [-0.3, -0.25) is 9.59 Å². The fraction of sp³-hybridized carbons (Fsp3) is 0.412. The van der Waals surface area contributed by atoms with Crippen molar-refractivity contribution in [3.05, 3.63) is 29.1 Å². The molecule has 3 heterocycles. The van der Waals surface area contributed by atoms with E-state index in [2.05, 4.69) is 10.6 Å². The molecule has 2 aromatic rings. The van der Waals surface area contributed by atoms with Gasteiger partial charge in [0.15, 0.2) is 0 Å². The molecule has 2 bridgehead atoms. The average Bonchev–Trinajstić information content (AvgIpc) is 3.29. The molecule has 2 aliphatic rings. The van der Waals surface area contributed by atoms with Crippen LogP contribution in [0.25, 0.3) is 10.1 Å². The SMILES string of the molecule is O=C(N[C@@H]1C[C@H]2CC[C@@H]1N2)c1ccc2scc(NC(=O)C(F)(F)F)c2c1. The van der Waals surface area contributed by atoms with Crippen molar-refractivity contribution in [3.63, 3.8) is 0 Å². The lowest BCUT2D eigenvalue weighted by Gasteiger charge is -2.21. The maximum absolute atomic E-state index is 12.5. The van der Waals surface area contributed by atoms with Gasteiger partial charge < -0.3 is 16.0 Å². The second kappa shape index (κ2) is 6.24. The van der Waals surface area contributed by atoms with E-state index in [0.29, 0.717) is 21.7 Å². The number of benzene rings is 1. The molecule has 2 fully saturated rings. The molecule has 3 atom stereocenters. The van der Waals surface area contributed by atoms with Crippen LogP contribution in [0.4, 0.5) is 18.9 Å². The van der Waals surface area contributed by atoms with E-state index in [1.807, 2.05) is 5.32 Å². The van der Waals surface area contributed by atoms with Gasteiger partial charge >= 0.3 is 12.1 Å². The van der Waals surface area contributed by atoms with E-state index in [1.54, 1.807) is 12.1 Å². The monoisotopic (exact) mass is 383 g/mol. The van der Waals surface area contributed by atoms with Gasteiger partial charge in [-0.15, -0.1) is 11.3 Å². The summed E-state index contributed by atoms with van der Waals surface area (Å²) < 4.78 is 38.1. The molecule has 2 amide bonds. The van der Waals surface area contributed by atoms with Crippen molar-refractivity contribution in [3.8, 4) is 0 Å². The maximum Gasteiger partial charge on any atom is 0.471 e. The molecule has 4 rings (SSSR count). The van der Waals surface area contributed by atoms with E-state index >= 15 is 0 Å². The predicted molar refractivity (Wildman–Crippen MR) is 92.3 cm³/mol. The third kappa shape index (κ3) is 3.16. The molecule has 0 saturated carbocycles. The number of carbonyl (C=O) groups is 2. The highest BCUT2D eigenvalue weighted by Crippen LogP contribution is 2.33. The van der Waals surface area contributed by atoms with Crippen LogP contribution in [0, 0.1) is 0 Å². The fourth-order valence-electron chi connectivity index (χ4n) is 3.70. The highest BCUT2D eigenvalue weighted by Gasteiger charge is 2.40. The summed E-state index contributed by atoms with van der Waals surface area (Å²) in [6, 6.07) is 5.66. The standard InChI is InChI=1S/C17H16F3N3O2S/c18-17(19,20)16(25)23-13-7-26-14-4-1-8(5-10(13)14)15(24)22-12-6-9-2-3-11(12)21-9/h1,4-5,7,9,11-12,21H,2-3,6H2,(H,22,24)(H,23,25)/t9-,11+,12-/m1/s1. The second-order valence-electron chi connectivity index (χ2n) is 6.68. The molecule has 1 aromatic carbocycles. The zero-order valence-corrected chi connectivity index (χ0v) is 14.3. The largest absolute Gasteiger partial charge is 0.471 e. The number of alkyl halides is 3. The van der Waals surface area contributed by atoms with Gasteiger partial charge in [0, 0.05) is 39.2 Å². The summed E-state index contributed by atoms with van der Waals surface area (Å²) in [5.74, 6) is -2.29. The highest BCUT2D eigenvalue weighted by atomic mass is 32.1. The summed E-state index contributed by atoms with van der Waals surface area (Å²) in [5.41, 5.74) is 0.421. The van der Waals surface area contributed by atoms with E-state index in [0.717, 1.165) is 19.3 Å². The van der Waals surface area contributed by atoms with Crippen LogP contribution in [0.2, 0.25) is 0 Å². The van der Waals surface area contributed by atoms with Crippen LogP contribution in [-0.2, 0) is 4.79 Å². The van der Waals surface area contributed by atoms with Gasteiger partial charge in [-0.05, 0) is 37.5 Å². The summed E-state index contributed by atoms with van der Waals surface area (Å²) in [7, 11) is 0. The van der Waals surface area contributed by atoms with E-state index in [-0.39, 0.29) is 23.7 Å². The van der Waals surface area contributed by atoms with Gasteiger partial charge in [-0.2, -0.15) is 13.2 Å². The minimum Gasteiger partial charge on any atom is -0.348 e. The molecule has 2 saturated heterocycles. The van der Waals surface area contributed by atoms with Crippen molar-refractivity contribution in [2.45, 2.75) is 43.6 Å². The molecule has 5 nitrogen and oxygen atoms in total. The Bertz CT molecular complexity index is 880. The first kappa shape index (κ1) is 17.3. The van der Waals surface area contributed by atoms with Crippen molar-refractivity contribution in [1.82, 2.24) is 10.6 Å². The third-order valence-corrected chi connectivity index (χ3v) is 5.92. The van der Waals surface area contributed by atoms with Crippen molar-refractivity contribution in [2.75, 3.05) is 5.32 Å². The van der Waals surface area contributed by atoms with Crippen LogP contribution in [0.1, 0.15) is 29.6 Å². The van der Waals surface area contributed by atoms with Crippen LogP contribution >= 0.6 is 11.3 Å². The zero-order valence-electron chi connectivity index (χ0n) is 13.5. The number of hydrogen-bond donors (Lipinski definition) is 3. The number of amides is 2. The minimum atomic E-state index is -4.96. The Morgan fingerprint density at radius 3 is 2.69 bits per heavy atom. The summed E-state index contributed by atoms with van der Waals surface area (Å²) >= 11 is 1.21. The predicted octanol–water partition coefficient (Wildman–Crippen LogP) is 3.02. The van der Waals surface area contributed by atoms with Gasteiger partial charge in [-0.25, -0.2) is 0 Å². The number of halogens is 3. The van der Waals surface area contributed by atoms with Crippen LogP contribution in [0.3, 0.4) is 0 Å². The zero-order chi connectivity index (χ0) is 18.5. The summed E-state index contributed by atoms with van der Waals surface area (Å²) in [4.78, 5) is 23.7. The van der Waals surface area contributed by atoms with Crippen molar-refractivity contribution in [2.24, 2.45) is 0 Å². The Hall–Kier alpha value is -2.13. The number of anilines is 1. The maximum atomic E-state index is 12.5. The normalized spacial score (nSPS) is 24.8. The van der Waals surface area contributed by atoms with Crippen molar-refractivity contribution in [1.29, 1.82) is 0 Å². The molecule has 26 heavy (non-hydrogen) atoms. The summed E-state index contributed by atoms with van der Waals surface area (Å²) in [6.07, 6.45) is -1.91. The van der Waals surface area contributed by atoms with E-state index < -0.39 is 12.1 Å². The molecule has 9 heteroatoms. The Kier molecular flexibility index (Phi) is 4.15. The first-order valence-electron chi connectivity index (χ1n) is 8.27. The Labute approximate surface area is 150 Å². The Morgan fingerprint density at radius 2 is 2.04 bits per heavy atom. The van der Waals surface area contributed by atoms with Gasteiger partial charge in [0.25, 0.3) is 5.91 Å². The van der Waals surface area contributed by atoms with Gasteiger partial charge in [0.2, 0.25) is 0 Å². The number of thiophene rings is 1. The second-order valence-corrected chi connectivity index (χ2v) is 7.59. The summed E-state index contributed by atoms with van der Waals surface area (Å²) in [6.45, 7) is 0. The third-order valence-electron chi connectivity index (χ3n) is 4.96. The van der Waals surface area contributed by atoms with Crippen LogP contribution in [0.5, 0.6) is 0 Å². The lowest BCUT2D eigenvalue weighted by Crippen LogP contribution is -2.42. The molecular formula is C17H16F3N3O2S. The molecule has 1 aromatic heterocycles. The first-order chi connectivity index (χ1) is 12.3. The van der Waals surface area contributed by atoms with Crippen molar-refractivity contribution < 1.29 is 22.8 Å². The quantitative estimate of drug-likeness (QED) is 0.763. The lowest BCUT2D eigenvalue weighted by molar-refractivity contribution is -0.167. The molecule has 0 radical (unpaired) electrons. The number of fused-ring (bicyclic) bond motifs is 3. The summed E-state index contributed by atoms with van der Waals surface area (Å²) in [5, 5.41) is 10.2. The van der Waals surface area contributed by atoms with E-state index in [1.165, 1.54) is 22.8 Å². The fourth-order valence-corrected chi connectivity index (χ4v) is 4.57. The molecule has 2 aliphatic heterocycles. The topological polar surface area (TPSA) is 70.2 Å². The van der Waals surface area contributed by atoms with Crippen LogP contribution < -0.4 is 16.0 Å². The van der Waals surface area contributed by atoms with E-state index in [4.69, 9.17) is 0 Å². The van der Waals surface area contributed by atoms with Crippen LogP contribution in [-0.4, -0.2) is 36.1 Å². The van der Waals surface area contributed by atoms with Crippen LogP contribution in [0.15, 0.2) is 23.6 Å². The van der Waals surface area contributed by atoms with Gasteiger partial charge in [0.05, 0.1) is 5.69 Å². The minimum absolute atomic E-state index is 0.0589. The molecule has 3 N–H and O–H groups in total. The Balaban J connectivity index is 1.54. The number of rotatable bonds is 3. The first-order valence-corrected chi connectivity index (χ1v) is 9.15. The van der Waals surface area contributed by atoms with Gasteiger partial charge in [0.1, 0.15) is 0 Å². The number of hydrogen-bond acceptors (Lipinski definition) is 4. The lowest BCUT2D eigenvalue weighted by atomic mass is 9.95. The van der Waals surface area contributed by atoms with E-state index in [9.17, 15) is 22.8 Å². The van der Waals surface area contributed by atoms with Crippen molar-refractivity contribution >= 4 is 38.9 Å².